The Morgan fingerprint density at radius 3 is 2.58 bits per heavy atom. The summed E-state index contributed by atoms with van der Waals surface area (Å²) >= 11 is 0. The molecule has 3 nitrogen and oxygen atoms in total. The Hall–Kier alpha value is -2.23. The van der Waals surface area contributed by atoms with Crippen molar-refractivity contribution in [1.82, 2.24) is 0 Å². The molecule has 2 aromatic rings. The van der Waals surface area contributed by atoms with Crippen LogP contribution < -0.4 is 15.4 Å². The molecule has 0 unspecified atom stereocenters. The molecule has 0 saturated heterocycles. The van der Waals surface area contributed by atoms with Crippen molar-refractivity contribution in [2.45, 2.75) is 6.54 Å². The van der Waals surface area contributed by atoms with Crippen molar-refractivity contribution in [2.24, 2.45) is 0 Å². The van der Waals surface area contributed by atoms with E-state index in [1.165, 1.54) is 13.2 Å². The van der Waals surface area contributed by atoms with Crippen LogP contribution in [0.25, 0.3) is 0 Å². The molecule has 2 rings (SSSR count). The second-order valence-electron chi connectivity index (χ2n) is 4.37. The zero-order valence-corrected chi connectivity index (χ0v) is 11.1. The SMILES string of the molecule is COc1ccc(CN(C)c2ccccc2N)c(F)c1. The van der Waals surface area contributed by atoms with Gasteiger partial charge < -0.3 is 15.4 Å². The van der Waals surface area contributed by atoms with Crippen molar-refractivity contribution < 1.29 is 9.13 Å². The third-order valence-electron chi connectivity index (χ3n) is 3.02. The highest BCUT2D eigenvalue weighted by Crippen LogP contribution is 2.24. The van der Waals surface area contributed by atoms with E-state index in [0.717, 1.165) is 5.69 Å². The van der Waals surface area contributed by atoms with E-state index in [1.807, 2.05) is 36.2 Å². The molecule has 0 atom stereocenters. The van der Waals surface area contributed by atoms with Gasteiger partial charge in [0.2, 0.25) is 0 Å². The number of para-hydroxylation sites is 2. The number of halogens is 1. The smallest absolute Gasteiger partial charge is 0.131 e. The number of ether oxygens (including phenoxy) is 1. The fraction of sp³-hybridized carbons (Fsp3) is 0.200. The first kappa shape index (κ1) is 13.2. The van der Waals surface area contributed by atoms with Crippen LogP contribution in [-0.2, 0) is 6.54 Å². The van der Waals surface area contributed by atoms with Gasteiger partial charge in [-0.1, -0.05) is 18.2 Å². The maximum Gasteiger partial charge on any atom is 0.131 e. The molecule has 0 fully saturated rings. The standard InChI is InChI=1S/C15H17FN2O/c1-18(15-6-4-3-5-14(15)17)10-11-7-8-12(19-2)9-13(11)16/h3-9H,10,17H2,1-2H3. The minimum atomic E-state index is -0.277. The van der Waals surface area contributed by atoms with Gasteiger partial charge in [0.05, 0.1) is 18.5 Å². The predicted octanol–water partition coefficient (Wildman–Crippen LogP) is 3.05. The monoisotopic (exact) mass is 260 g/mol. The minimum absolute atomic E-state index is 0.277. The molecule has 4 heteroatoms. The Kier molecular flexibility index (Phi) is 3.90. The van der Waals surface area contributed by atoms with E-state index in [9.17, 15) is 4.39 Å². The van der Waals surface area contributed by atoms with Gasteiger partial charge in [-0.3, -0.25) is 0 Å². The van der Waals surface area contributed by atoms with Gasteiger partial charge in [-0.25, -0.2) is 4.39 Å². The highest BCUT2D eigenvalue weighted by molar-refractivity contribution is 5.66. The van der Waals surface area contributed by atoms with Crippen LogP contribution in [0.1, 0.15) is 5.56 Å². The average molecular weight is 260 g/mol. The molecule has 0 aromatic heterocycles. The maximum atomic E-state index is 13.9. The van der Waals surface area contributed by atoms with Gasteiger partial charge >= 0.3 is 0 Å². The van der Waals surface area contributed by atoms with E-state index in [4.69, 9.17) is 10.5 Å². The van der Waals surface area contributed by atoms with Crippen molar-refractivity contribution >= 4 is 11.4 Å². The van der Waals surface area contributed by atoms with Crippen LogP contribution in [-0.4, -0.2) is 14.2 Å². The van der Waals surface area contributed by atoms with Crippen LogP contribution in [0.5, 0.6) is 5.75 Å². The quantitative estimate of drug-likeness (QED) is 0.859. The summed E-state index contributed by atoms with van der Waals surface area (Å²) in [5, 5.41) is 0. The highest BCUT2D eigenvalue weighted by Gasteiger charge is 2.09. The molecule has 19 heavy (non-hydrogen) atoms. The summed E-state index contributed by atoms with van der Waals surface area (Å²) in [5.74, 6) is 0.240. The first-order valence-corrected chi connectivity index (χ1v) is 6.00. The molecule has 100 valence electrons. The number of nitrogens with two attached hydrogens (primary N) is 1. The molecular weight excluding hydrogens is 243 g/mol. The van der Waals surface area contributed by atoms with E-state index in [0.29, 0.717) is 23.5 Å². The first-order chi connectivity index (χ1) is 9.11. The van der Waals surface area contributed by atoms with Crippen LogP contribution in [0.4, 0.5) is 15.8 Å². The molecular formula is C15H17FN2O. The third-order valence-corrected chi connectivity index (χ3v) is 3.02. The van der Waals surface area contributed by atoms with Crippen LogP contribution in [0.15, 0.2) is 42.5 Å². The van der Waals surface area contributed by atoms with Crippen molar-refractivity contribution in [1.29, 1.82) is 0 Å². The van der Waals surface area contributed by atoms with E-state index < -0.39 is 0 Å². The Morgan fingerprint density at radius 1 is 1.21 bits per heavy atom. The fourth-order valence-corrected chi connectivity index (χ4v) is 1.96. The molecule has 0 aliphatic carbocycles. The molecule has 0 amide bonds. The lowest BCUT2D eigenvalue weighted by molar-refractivity contribution is 0.410. The lowest BCUT2D eigenvalue weighted by Crippen LogP contribution is -2.18. The van der Waals surface area contributed by atoms with E-state index >= 15 is 0 Å². The number of rotatable bonds is 4. The summed E-state index contributed by atoms with van der Waals surface area (Å²) in [6.07, 6.45) is 0. The molecule has 0 heterocycles. The maximum absolute atomic E-state index is 13.9. The van der Waals surface area contributed by atoms with Crippen LogP contribution >= 0.6 is 0 Å². The van der Waals surface area contributed by atoms with Crippen LogP contribution in [0.2, 0.25) is 0 Å². The Balaban J connectivity index is 2.19. The molecule has 0 radical (unpaired) electrons. The number of nitrogen functional groups attached to an aromatic ring is 1. The molecule has 0 bridgehead atoms. The van der Waals surface area contributed by atoms with Gasteiger partial charge in [0.25, 0.3) is 0 Å². The predicted molar refractivity (Wildman–Crippen MR) is 75.9 cm³/mol. The summed E-state index contributed by atoms with van der Waals surface area (Å²) in [7, 11) is 3.40. The topological polar surface area (TPSA) is 38.5 Å². The number of nitrogens with zero attached hydrogens (tertiary/aromatic N) is 1. The number of anilines is 2. The average Bonchev–Trinajstić information content (AvgIpc) is 2.41. The summed E-state index contributed by atoms with van der Waals surface area (Å²) in [6, 6.07) is 12.4. The van der Waals surface area contributed by atoms with E-state index in [2.05, 4.69) is 0 Å². The lowest BCUT2D eigenvalue weighted by atomic mass is 10.1. The second-order valence-corrected chi connectivity index (χ2v) is 4.37. The van der Waals surface area contributed by atoms with Crippen molar-refractivity contribution in [2.75, 3.05) is 24.8 Å². The van der Waals surface area contributed by atoms with Crippen molar-refractivity contribution in [3.63, 3.8) is 0 Å². The number of methoxy groups -OCH3 is 1. The summed E-state index contributed by atoms with van der Waals surface area (Å²) in [4.78, 5) is 1.92. The van der Waals surface area contributed by atoms with Crippen LogP contribution in [0.3, 0.4) is 0 Å². The molecule has 0 saturated carbocycles. The number of hydrogen-bond donors (Lipinski definition) is 1. The number of hydrogen-bond acceptors (Lipinski definition) is 3. The molecule has 0 aliphatic rings. The summed E-state index contributed by atoms with van der Waals surface area (Å²) in [5.41, 5.74) is 8.07. The van der Waals surface area contributed by atoms with E-state index in [1.54, 1.807) is 12.1 Å². The van der Waals surface area contributed by atoms with Crippen molar-refractivity contribution in [3.05, 3.63) is 53.8 Å². The molecule has 2 aromatic carbocycles. The van der Waals surface area contributed by atoms with Gasteiger partial charge in [-0.15, -0.1) is 0 Å². The lowest BCUT2D eigenvalue weighted by Gasteiger charge is -2.21. The fourth-order valence-electron chi connectivity index (χ4n) is 1.96. The minimum Gasteiger partial charge on any atom is -0.497 e. The largest absolute Gasteiger partial charge is 0.497 e. The third kappa shape index (κ3) is 2.96. The van der Waals surface area contributed by atoms with Gasteiger partial charge in [-0.05, 0) is 18.2 Å². The Bertz CT molecular complexity index is 572. The van der Waals surface area contributed by atoms with Crippen LogP contribution in [0, 0.1) is 5.82 Å². The zero-order chi connectivity index (χ0) is 13.8. The molecule has 2 N–H and O–H groups in total. The molecule has 0 aliphatic heterocycles. The van der Waals surface area contributed by atoms with Crippen molar-refractivity contribution in [3.8, 4) is 5.75 Å². The van der Waals surface area contributed by atoms with Gasteiger partial charge in [-0.2, -0.15) is 0 Å². The Labute approximate surface area is 112 Å². The second kappa shape index (κ2) is 5.61. The highest BCUT2D eigenvalue weighted by atomic mass is 19.1. The number of benzene rings is 2. The van der Waals surface area contributed by atoms with Gasteiger partial charge in [0, 0.05) is 25.2 Å². The first-order valence-electron chi connectivity index (χ1n) is 6.00. The van der Waals surface area contributed by atoms with Gasteiger partial charge in [0.15, 0.2) is 0 Å². The molecule has 0 spiro atoms. The summed E-state index contributed by atoms with van der Waals surface area (Å²) < 4.78 is 18.9. The van der Waals surface area contributed by atoms with E-state index in [-0.39, 0.29) is 5.82 Å². The summed E-state index contributed by atoms with van der Waals surface area (Å²) in [6.45, 7) is 0.448. The normalized spacial score (nSPS) is 10.3. The van der Waals surface area contributed by atoms with Gasteiger partial charge in [0.1, 0.15) is 11.6 Å². The Morgan fingerprint density at radius 2 is 1.95 bits per heavy atom. The zero-order valence-electron chi connectivity index (χ0n) is 11.1.